The van der Waals surface area contributed by atoms with Gasteiger partial charge < -0.3 is 14.6 Å². The fraction of sp³-hybridized carbons (Fsp3) is 0.222. The Morgan fingerprint density at radius 2 is 1.70 bits per heavy atom. The molecule has 37 heavy (non-hydrogen) atoms. The molecule has 192 valence electrons. The molecule has 0 spiro atoms. The van der Waals surface area contributed by atoms with E-state index in [1.54, 1.807) is 24.4 Å². The second kappa shape index (κ2) is 11.1. The van der Waals surface area contributed by atoms with E-state index in [1.807, 2.05) is 38.1 Å². The second-order valence-corrected chi connectivity index (χ2v) is 11.3. The third-order valence-corrected chi connectivity index (χ3v) is 8.41. The summed E-state index contributed by atoms with van der Waals surface area (Å²) in [6.45, 7) is 5.70. The normalized spacial score (nSPS) is 11.3. The van der Waals surface area contributed by atoms with Crippen molar-refractivity contribution in [1.29, 1.82) is 0 Å². The molecule has 1 amide bonds. The highest BCUT2D eigenvalue weighted by atomic mass is 32.2. The van der Waals surface area contributed by atoms with Gasteiger partial charge in [-0.2, -0.15) is 0 Å². The van der Waals surface area contributed by atoms with Gasteiger partial charge in [0.05, 0.1) is 17.3 Å². The number of nitrogens with zero attached hydrogens (tertiary/aromatic N) is 1. The van der Waals surface area contributed by atoms with E-state index < -0.39 is 21.7 Å². The summed E-state index contributed by atoms with van der Waals surface area (Å²) < 4.78 is 35.1. The number of esters is 1. The molecular weight excluding hydrogens is 512 g/mol. The van der Waals surface area contributed by atoms with Crippen LogP contribution in [0.4, 0.5) is 5.00 Å². The van der Waals surface area contributed by atoms with Crippen molar-refractivity contribution in [2.45, 2.75) is 32.1 Å². The molecule has 0 unspecified atom stereocenters. The SMILES string of the molecule is CCCS(=O)(=O)c1ccc(-c2cc(C(=O)Nc3scc(-c4ccc(C)cc4)c3C(=O)OCC)no2)cc1. The lowest BCUT2D eigenvalue weighted by Gasteiger charge is -2.08. The Hall–Kier alpha value is -3.76. The van der Waals surface area contributed by atoms with Crippen molar-refractivity contribution in [2.75, 3.05) is 17.7 Å². The number of thiophene rings is 1. The van der Waals surface area contributed by atoms with Gasteiger partial charge in [-0.05, 0) is 50.1 Å². The number of hydrogen-bond acceptors (Lipinski definition) is 8. The Bertz CT molecular complexity index is 1520. The average Bonchev–Trinajstić information content (AvgIpc) is 3.53. The van der Waals surface area contributed by atoms with Crippen molar-refractivity contribution in [3.05, 3.63) is 76.8 Å². The molecule has 0 aliphatic carbocycles. The zero-order valence-corrected chi connectivity index (χ0v) is 22.2. The number of anilines is 1. The fourth-order valence-electron chi connectivity index (χ4n) is 3.70. The Morgan fingerprint density at radius 3 is 2.35 bits per heavy atom. The molecule has 2 heterocycles. The number of benzene rings is 2. The summed E-state index contributed by atoms with van der Waals surface area (Å²) in [4.78, 5) is 26.0. The van der Waals surface area contributed by atoms with Gasteiger partial charge in [0.2, 0.25) is 0 Å². The molecule has 4 rings (SSSR count). The van der Waals surface area contributed by atoms with Crippen molar-refractivity contribution >= 4 is 38.1 Å². The highest BCUT2D eigenvalue weighted by Gasteiger charge is 2.24. The highest BCUT2D eigenvalue weighted by Crippen LogP contribution is 2.36. The van der Waals surface area contributed by atoms with Crippen LogP contribution in [0.25, 0.3) is 22.5 Å². The van der Waals surface area contributed by atoms with Crippen molar-refractivity contribution in [2.24, 2.45) is 0 Å². The van der Waals surface area contributed by atoms with Crippen molar-refractivity contribution in [3.63, 3.8) is 0 Å². The van der Waals surface area contributed by atoms with E-state index >= 15 is 0 Å². The first-order chi connectivity index (χ1) is 17.7. The van der Waals surface area contributed by atoms with E-state index in [-0.39, 0.29) is 28.5 Å². The number of hydrogen-bond donors (Lipinski definition) is 1. The first-order valence-corrected chi connectivity index (χ1v) is 14.2. The van der Waals surface area contributed by atoms with Gasteiger partial charge >= 0.3 is 5.97 Å². The molecule has 0 saturated heterocycles. The molecule has 0 aliphatic heterocycles. The minimum atomic E-state index is -3.33. The first-order valence-electron chi connectivity index (χ1n) is 11.7. The summed E-state index contributed by atoms with van der Waals surface area (Å²) in [5.74, 6) is -0.712. The van der Waals surface area contributed by atoms with E-state index in [0.717, 1.165) is 11.1 Å². The molecular formula is C27H26N2O6S2. The van der Waals surface area contributed by atoms with Gasteiger partial charge in [-0.25, -0.2) is 13.2 Å². The van der Waals surface area contributed by atoms with E-state index in [2.05, 4.69) is 10.5 Å². The van der Waals surface area contributed by atoms with Crippen LogP contribution in [0, 0.1) is 6.92 Å². The number of aryl methyl sites for hydroxylation is 1. The predicted octanol–water partition coefficient (Wildman–Crippen LogP) is 5.99. The van der Waals surface area contributed by atoms with Gasteiger partial charge in [0.1, 0.15) is 10.6 Å². The topological polar surface area (TPSA) is 116 Å². The lowest BCUT2D eigenvalue weighted by Crippen LogP contribution is -2.15. The van der Waals surface area contributed by atoms with Crippen LogP contribution in [0.3, 0.4) is 0 Å². The van der Waals surface area contributed by atoms with Crippen LogP contribution in [0.5, 0.6) is 0 Å². The molecule has 0 aliphatic rings. The highest BCUT2D eigenvalue weighted by molar-refractivity contribution is 7.91. The van der Waals surface area contributed by atoms with Crippen LogP contribution in [0.15, 0.2) is 69.4 Å². The minimum Gasteiger partial charge on any atom is -0.462 e. The zero-order chi connectivity index (χ0) is 26.6. The van der Waals surface area contributed by atoms with Gasteiger partial charge in [-0.3, -0.25) is 4.79 Å². The molecule has 0 atom stereocenters. The van der Waals surface area contributed by atoms with E-state index in [4.69, 9.17) is 9.26 Å². The number of aromatic nitrogens is 1. The molecule has 1 N–H and O–H groups in total. The lowest BCUT2D eigenvalue weighted by atomic mass is 10.0. The van der Waals surface area contributed by atoms with Gasteiger partial charge in [-0.15, -0.1) is 11.3 Å². The summed E-state index contributed by atoms with van der Waals surface area (Å²) in [6.07, 6.45) is 0.527. The van der Waals surface area contributed by atoms with Crippen molar-refractivity contribution in [3.8, 4) is 22.5 Å². The average molecular weight is 539 g/mol. The van der Waals surface area contributed by atoms with Gasteiger partial charge in [-0.1, -0.05) is 41.9 Å². The largest absolute Gasteiger partial charge is 0.462 e. The molecule has 4 aromatic rings. The lowest BCUT2D eigenvalue weighted by molar-refractivity contribution is 0.0529. The van der Waals surface area contributed by atoms with Crippen LogP contribution < -0.4 is 5.32 Å². The quantitative estimate of drug-likeness (QED) is 0.260. The number of sulfone groups is 1. The van der Waals surface area contributed by atoms with Gasteiger partial charge in [0.15, 0.2) is 21.3 Å². The van der Waals surface area contributed by atoms with E-state index in [9.17, 15) is 18.0 Å². The number of ether oxygens (including phenoxy) is 1. The van der Waals surface area contributed by atoms with Gasteiger partial charge in [0, 0.05) is 22.6 Å². The Balaban J connectivity index is 1.57. The predicted molar refractivity (Wildman–Crippen MR) is 143 cm³/mol. The van der Waals surface area contributed by atoms with Crippen molar-refractivity contribution in [1.82, 2.24) is 5.16 Å². The van der Waals surface area contributed by atoms with Crippen LogP contribution in [-0.2, 0) is 14.6 Å². The molecule has 0 saturated carbocycles. The number of nitrogens with one attached hydrogen (secondary N) is 1. The number of carbonyl (C=O) groups excluding carboxylic acids is 2. The van der Waals surface area contributed by atoms with Crippen LogP contribution in [0.2, 0.25) is 0 Å². The van der Waals surface area contributed by atoms with Crippen LogP contribution in [-0.4, -0.2) is 37.8 Å². The van der Waals surface area contributed by atoms with Gasteiger partial charge in [0.25, 0.3) is 5.91 Å². The summed E-state index contributed by atoms with van der Waals surface area (Å²) in [6, 6.07) is 15.4. The van der Waals surface area contributed by atoms with E-state index in [0.29, 0.717) is 28.3 Å². The maximum absolute atomic E-state index is 13.0. The molecule has 10 heteroatoms. The maximum Gasteiger partial charge on any atom is 0.341 e. The maximum atomic E-state index is 13.0. The summed E-state index contributed by atoms with van der Waals surface area (Å²) in [5.41, 5.74) is 3.45. The molecule has 8 nitrogen and oxygen atoms in total. The molecule has 0 bridgehead atoms. The van der Waals surface area contributed by atoms with Crippen LogP contribution in [0.1, 0.15) is 46.7 Å². The molecule has 2 aromatic carbocycles. The second-order valence-electron chi connectivity index (χ2n) is 8.31. The Labute approximate surface area is 219 Å². The summed E-state index contributed by atoms with van der Waals surface area (Å²) in [7, 11) is -3.33. The standard InChI is InChI=1S/C27H26N2O6S2/c1-4-14-37(32,33)20-12-10-19(11-13-20)23-15-22(29-35-23)25(30)28-26-24(27(31)34-5-2)21(16-36-26)18-8-6-17(3)7-9-18/h6-13,15-16H,4-5,14H2,1-3H3,(H,28,30). The number of carbonyl (C=O) groups is 2. The fourth-order valence-corrected chi connectivity index (χ4v) is 5.98. The zero-order valence-electron chi connectivity index (χ0n) is 20.6. The Kier molecular flexibility index (Phi) is 7.89. The third-order valence-electron chi connectivity index (χ3n) is 5.57. The summed E-state index contributed by atoms with van der Waals surface area (Å²) in [5, 5.41) is 8.75. The smallest absolute Gasteiger partial charge is 0.341 e. The van der Waals surface area contributed by atoms with Crippen LogP contribution >= 0.6 is 11.3 Å². The monoisotopic (exact) mass is 538 g/mol. The van der Waals surface area contributed by atoms with E-state index in [1.165, 1.54) is 29.5 Å². The molecule has 0 fully saturated rings. The molecule has 2 aromatic heterocycles. The number of amides is 1. The minimum absolute atomic E-state index is 0.0118. The first kappa shape index (κ1) is 26.3. The molecule has 0 radical (unpaired) electrons. The Morgan fingerprint density at radius 1 is 1.03 bits per heavy atom. The third kappa shape index (κ3) is 5.81. The number of rotatable bonds is 9. The summed E-state index contributed by atoms with van der Waals surface area (Å²) >= 11 is 1.22. The van der Waals surface area contributed by atoms with Crippen molar-refractivity contribution < 1.29 is 27.3 Å².